The Hall–Kier alpha value is -2.89. The molecular formula is C63H112O6. The molecule has 6 nitrogen and oxygen atoms in total. The maximum Gasteiger partial charge on any atom is 0.306 e. The second-order valence-corrected chi connectivity index (χ2v) is 19.9. The van der Waals surface area contributed by atoms with Crippen LogP contribution in [0.15, 0.2) is 60.8 Å². The molecule has 0 aliphatic carbocycles. The molecule has 0 bridgehead atoms. The van der Waals surface area contributed by atoms with Crippen LogP contribution >= 0.6 is 0 Å². The minimum Gasteiger partial charge on any atom is -0.462 e. The molecule has 69 heavy (non-hydrogen) atoms. The minimum absolute atomic E-state index is 0.0811. The summed E-state index contributed by atoms with van der Waals surface area (Å²) in [4.78, 5) is 38.1. The van der Waals surface area contributed by atoms with Crippen LogP contribution in [0.5, 0.6) is 0 Å². The van der Waals surface area contributed by atoms with Gasteiger partial charge in [-0.15, -0.1) is 0 Å². The maximum absolute atomic E-state index is 12.8. The predicted octanol–water partition coefficient (Wildman–Crippen LogP) is 20.0. The molecule has 0 spiro atoms. The summed E-state index contributed by atoms with van der Waals surface area (Å²) in [5.74, 6) is -0.897. The van der Waals surface area contributed by atoms with Crippen molar-refractivity contribution in [2.75, 3.05) is 13.2 Å². The number of carbonyl (C=O) groups is 3. The van der Waals surface area contributed by atoms with Crippen LogP contribution in [0.4, 0.5) is 0 Å². The van der Waals surface area contributed by atoms with Crippen molar-refractivity contribution in [3.63, 3.8) is 0 Å². The van der Waals surface area contributed by atoms with Gasteiger partial charge in [-0.05, 0) is 96.3 Å². The Labute approximate surface area is 428 Å². The van der Waals surface area contributed by atoms with Crippen molar-refractivity contribution >= 4 is 17.9 Å². The number of hydrogen-bond acceptors (Lipinski definition) is 6. The standard InChI is InChI=1S/C63H112O6/c1-4-7-10-13-16-19-22-24-25-26-27-28-29-30-31-32-33-34-35-36-37-39-41-44-47-50-53-56-62(65)68-59-60(58-67-61(64)55-52-49-46-43-40-21-18-15-12-9-6-3)69-63(66)57-54-51-48-45-42-38-23-20-17-14-11-8-5-2/h11,14-15,18,20,22-24,26-27,60H,4-10,12-13,16-17,19,21,25,28-59H2,1-3H3/b14-11-,18-15-,23-20-,24-22-,27-26-. The third-order valence-electron chi connectivity index (χ3n) is 12.9. The molecule has 0 fully saturated rings. The molecule has 0 heterocycles. The molecular weight excluding hydrogens is 853 g/mol. The smallest absolute Gasteiger partial charge is 0.306 e. The lowest BCUT2D eigenvalue weighted by Gasteiger charge is -2.18. The van der Waals surface area contributed by atoms with E-state index in [0.29, 0.717) is 19.3 Å². The van der Waals surface area contributed by atoms with Gasteiger partial charge in [-0.1, -0.05) is 248 Å². The van der Waals surface area contributed by atoms with E-state index in [1.807, 2.05) is 0 Å². The van der Waals surface area contributed by atoms with Crippen molar-refractivity contribution in [3.8, 4) is 0 Å². The Bertz CT molecular complexity index is 1250. The fourth-order valence-corrected chi connectivity index (χ4v) is 8.43. The van der Waals surface area contributed by atoms with Crippen molar-refractivity contribution in [2.24, 2.45) is 0 Å². The van der Waals surface area contributed by atoms with Gasteiger partial charge in [0.25, 0.3) is 0 Å². The van der Waals surface area contributed by atoms with Gasteiger partial charge in [0.2, 0.25) is 0 Å². The van der Waals surface area contributed by atoms with Gasteiger partial charge in [-0.3, -0.25) is 14.4 Å². The summed E-state index contributed by atoms with van der Waals surface area (Å²) in [6.45, 7) is 6.53. The van der Waals surface area contributed by atoms with Gasteiger partial charge in [-0.25, -0.2) is 0 Å². The Balaban J connectivity index is 4.17. The van der Waals surface area contributed by atoms with Gasteiger partial charge in [-0.2, -0.15) is 0 Å². The summed E-state index contributed by atoms with van der Waals surface area (Å²) >= 11 is 0. The van der Waals surface area contributed by atoms with Gasteiger partial charge in [0.15, 0.2) is 6.10 Å². The summed E-state index contributed by atoms with van der Waals surface area (Å²) in [6, 6.07) is 0. The van der Waals surface area contributed by atoms with Gasteiger partial charge in [0.05, 0.1) is 0 Å². The summed E-state index contributed by atoms with van der Waals surface area (Å²) in [6.07, 6.45) is 72.3. The third kappa shape index (κ3) is 55.9. The molecule has 0 N–H and O–H groups in total. The van der Waals surface area contributed by atoms with Crippen LogP contribution < -0.4 is 0 Å². The first-order valence-corrected chi connectivity index (χ1v) is 29.8. The molecule has 0 saturated carbocycles. The molecule has 0 aliphatic rings. The molecule has 0 aliphatic heterocycles. The average Bonchev–Trinajstić information content (AvgIpc) is 3.35. The van der Waals surface area contributed by atoms with Gasteiger partial charge in [0, 0.05) is 19.3 Å². The van der Waals surface area contributed by atoms with Crippen LogP contribution in [0.1, 0.15) is 303 Å². The number of ether oxygens (including phenoxy) is 3. The molecule has 0 aromatic heterocycles. The molecule has 0 rings (SSSR count). The highest BCUT2D eigenvalue weighted by atomic mass is 16.6. The van der Waals surface area contributed by atoms with Crippen molar-refractivity contribution in [1.29, 1.82) is 0 Å². The molecule has 0 amide bonds. The van der Waals surface area contributed by atoms with E-state index in [-0.39, 0.29) is 31.1 Å². The number of hydrogen-bond donors (Lipinski definition) is 0. The third-order valence-corrected chi connectivity index (χ3v) is 12.9. The lowest BCUT2D eigenvalue weighted by Crippen LogP contribution is -2.30. The molecule has 0 saturated heterocycles. The van der Waals surface area contributed by atoms with Crippen LogP contribution in [0.3, 0.4) is 0 Å². The quantitative estimate of drug-likeness (QED) is 0.0262. The van der Waals surface area contributed by atoms with Crippen LogP contribution in [0.2, 0.25) is 0 Å². The first-order chi connectivity index (χ1) is 34.0. The topological polar surface area (TPSA) is 78.9 Å². The van der Waals surface area contributed by atoms with Crippen LogP contribution in [0, 0.1) is 0 Å². The van der Waals surface area contributed by atoms with E-state index in [1.54, 1.807) is 0 Å². The first-order valence-electron chi connectivity index (χ1n) is 29.8. The van der Waals surface area contributed by atoms with Crippen LogP contribution in [-0.4, -0.2) is 37.2 Å². The highest BCUT2D eigenvalue weighted by Gasteiger charge is 2.19. The number of allylic oxidation sites excluding steroid dienone is 10. The Morgan fingerprint density at radius 1 is 0.290 bits per heavy atom. The van der Waals surface area contributed by atoms with Gasteiger partial charge >= 0.3 is 17.9 Å². The van der Waals surface area contributed by atoms with E-state index in [2.05, 4.69) is 81.5 Å². The molecule has 0 aromatic rings. The van der Waals surface area contributed by atoms with Gasteiger partial charge < -0.3 is 14.2 Å². The van der Waals surface area contributed by atoms with E-state index < -0.39 is 6.10 Å². The highest BCUT2D eigenvalue weighted by Crippen LogP contribution is 2.16. The summed E-state index contributed by atoms with van der Waals surface area (Å²) < 4.78 is 16.8. The van der Waals surface area contributed by atoms with Crippen molar-refractivity contribution in [3.05, 3.63) is 60.8 Å². The SMILES string of the molecule is CCC/C=C\C/C=C\CCCCCCCC(=O)OC(COC(=O)CCCCCCC/C=C\CCCC)COC(=O)CCCCCCCCCCCCCCCCC/C=C\C/C=C\CCCCCCC. The number of unbranched alkanes of at least 4 members (excludes halogenated alkanes) is 33. The van der Waals surface area contributed by atoms with Crippen molar-refractivity contribution in [2.45, 2.75) is 309 Å². The second-order valence-electron chi connectivity index (χ2n) is 19.9. The highest BCUT2D eigenvalue weighted by molar-refractivity contribution is 5.71. The summed E-state index contributed by atoms with van der Waals surface area (Å²) in [5.41, 5.74) is 0. The van der Waals surface area contributed by atoms with Gasteiger partial charge in [0.1, 0.15) is 13.2 Å². The zero-order valence-electron chi connectivity index (χ0n) is 45.8. The Morgan fingerprint density at radius 2 is 0.565 bits per heavy atom. The Kier molecular flexibility index (Phi) is 55.3. The molecule has 1 unspecified atom stereocenters. The lowest BCUT2D eigenvalue weighted by molar-refractivity contribution is -0.167. The monoisotopic (exact) mass is 965 g/mol. The lowest BCUT2D eigenvalue weighted by atomic mass is 10.0. The molecule has 6 heteroatoms. The zero-order valence-corrected chi connectivity index (χ0v) is 45.8. The fourth-order valence-electron chi connectivity index (χ4n) is 8.43. The van der Waals surface area contributed by atoms with Crippen molar-refractivity contribution < 1.29 is 28.6 Å². The van der Waals surface area contributed by atoms with Crippen LogP contribution in [-0.2, 0) is 28.6 Å². The fraction of sp³-hybridized carbons (Fsp3) is 0.794. The predicted molar refractivity (Wildman–Crippen MR) is 298 cm³/mol. The van der Waals surface area contributed by atoms with E-state index in [0.717, 1.165) is 103 Å². The maximum atomic E-state index is 12.8. The number of esters is 3. The Morgan fingerprint density at radius 3 is 0.913 bits per heavy atom. The van der Waals surface area contributed by atoms with Crippen molar-refractivity contribution in [1.82, 2.24) is 0 Å². The first kappa shape index (κ1) is 66.1. The second kappa shape index (κ2) is 57.7. The zero-order chi connectivity index (χ0) is 50.0. The molecule has 0 radical (unpaired) electrons. The minimum atomic E-state index is -0.783. The molecule has 1 atom stereocenters. The average molecular weight is 966 g/mol. The molecule has 0 aromatic carbocycles. The van der Waals surface area contributed by atoms with E-state index >= 15 is 0 Å². The van der Waals surface area contributed by atoms with E-state index in [1.165, 1.54) is 161 Å². The normalized spacial score (nSPS) is 12.4. The largest absolute Gasteiger partial charge is 0.462 e. The van der Waals surface area contributed by atoms with Crippen LogP contribution in [0.25, 0.3) is 0 Å². The number of rotatable bonds is 54. The van der Waals surface area contributed by atoms with E-state index in [4.69, 9.17) is 14.2 Å². The molecule has 400 valence electrons. The summed E-state index contributed by atoms with van der Waals surface area (Å²) in [7, 11) is 0. The number of carbonyl (C=O) groups excluding carboxylic acids is 3. The van der Waals surface area contributed by atoms with E-state index in [9.17, 15) is 14.4 Å². The summed E-state index contributed by atoms with van der Waals surface area (Å²) in [5, 5.41) is 0.